The van der Waals surface area contributed by atoms with Gasteiger partial charge in [0.2, 0.25) is 6.85 Å². The molecule has 0 spiro atoms. The number of hydrogen-bond acceptors (Lipinski definition) is 1. The Hall–Kier alpha value is 0.0249. The summed E-state index contributed by atoms with van der Waals surface area (Å²) in [5.74, 6) is 0. The summed E-state index contributed by atoms with van der Waals surface area (Å²) >= 11 is 0. The second kappa shape index (κ2) is 7.14. The molecule has 2 heteroatoms. The van der Waals surface area contributed by atoms with Crippen molar-refractivity contribution in [2.75, 3.05) is 7.05 Å². The SMILES string of the molecule is CCCCB(CCC)NC. The minimum absolute atomic E-state index is 0.768. The molecule has 0 aromatic heterocycles. The Bertz CT molecular complexity index is 66.3. The lowest BCUT2D eigenvalue weighted by Gasteiger charge is -2.08. The van der Waals surface area contributed by atoms with Gasteiger partial charge in [-0.25, -0.2) is 0 Å². The smallest absolute Gasteiger partial charge is 0.220 e. The number of hydrogen-bond donors (Lipinski definition) is 1. The molecule has 0 fully saturated rings. The quantitative estimate of drug-likeness (QED) is 0.560. The third-order valence-corrected chi connectivity index (χ3v) is 1.95. The predicted octanol–water partition coefficient (Wildman–Crippen LogP) is 2.41. The van der Waals surface area contributed by atoms with E-state index >= 15 is 0 Å². The first-order valence-corrected chi connectivity index (χ1v) is 4.52. The van der Waals surface area contributed by atoms with Gasteiger partial charge in [-0.3, -0.25) is 0 Å². The zero-order valence-corrected chi connectivity index (χ0v) is 7.61. The molecule has 0 aromatic carbocycles. The molecule has 0 aromatic rings. The number of unbranched alkanes of at least 4 members (excludes halogenated alkanes) is 1. The van der Waals surface area contributed by atoms with Gasteiger partial charge in [-0.05, 0) is 7.05 Å². The summed E-state index contributed by atoms with van der Waals surface area (Å²) in [5.41, 5.74) is 0. The Morgan fingerprint density at radius 1 is 1.10 bits per heavy atom. The first kappa shape index (κ1) is 10.0. The molecule has 0 radical (unpaired) electrons. The van der Waals surface area contributed by atoms with Crippen LogP contribution in [0.4, 0.5) is 0 Å². The van der Waals surface area contributed by atoms with Crippen LogP contribution in [-0.4, -0.2) is 13.9 Å². The maximum absolute atomic E-state index is 3.34. The molecule has 0 aliphatic carbocycles. The minimum atomic E-state index is 0.768. The normalized spacial score (nSPS) is 9.90. The standard InChI is InChI=1S/C8H20BN/c1-4-6-8-9(10-3)7-5-2/h10H,4-8H2,1-3H3. The first-order valence-electron chi connectivity index (χ1n) is 4.52. The average molecular weight is 141 g/mol. The van der Waals surface area contributed by atoms with E-state index in [0.29, 0.717) is 0 Å². The van der Waals surface area contributed by atoms with Crippen molar-refractivity contribution in [2.45, 2.75) is 45.8 Å². The highest BCUT2D eigenvalue weighted by molar-refractivity contribution is 6.55. The van der Waals surface area contributed by atoms with Gasteiger partial charge < -0.3 is 5.23 Å². The van der Waals surface area contributed by atoms with Crippen LogP contribution in [0.5, 0.6) is 0 Å². The minimum Gasteiger partial charge on any atom is -0.358 e. The Balaban J connectivity index is 3.21. The van der Waals surface area contributed by atoms with Gasteiger partial charge in [-0.15, -0.1) is 0 Å². The highest BCUT2D eigenvalue weighted by atomic mass is 14.7. The van der Waals surface area contributed by atoms with Gasteiger partial charge in [0.15, 0.2) is 0 Å². The van der Waals surface area contributed by atoms with E-state index in [-0.39, 0.29) is 0 Å². The Labute approximate surface area is 65.7 Å². The molecule has 1 nitrogen and oxygen atoms in total. The van der Waals surface area contributed by atoms with Gasteiger partial charge in [0, 0.05) is 0 Å². The van der Waals surface area contributed by atoms with Crippen molar-refractivity contribution in [2.24, 2.45) is 0 Å². The molecule has 0 heterocycles. The van der Waals surface area contributed by atoms with Crippen LogP contribution in [-0.2, 0) is 0 Å². The molecule has 0 aliphatic heterocycles. The van der Waals surface area contributed by atoms with Crippen LogP contribution in [0, 0.1) is 0 Å². The lowest BCUT2D eigenvalue weighted by Crippen LogP contribution is -2.29. The van der Waals surface area contributed by atoms with Crippen molar-refractivity contribution in [3.8, 4) is 0 Å². The van der Waals surface area contributed by atoms with Gasteiger partial charge in [0.05, 0.1) is 0 Å². The third kappa shape index (κ3) is 4.86. The molecular formula is C8H20BN. The molecule has 0 unspecified atom stereocenters. The lowest BCUT2D eigenvalue weighted by molar-refractivity contribution is 0.853. The molecule has 0 rings (SSSR count). The van der Waals surface area contributed by atoms with Crippen LogP contribution >= 0.6 is 0 Å². The number of nitrogens with one attached hydrogen (secondary N) is 1. The molecule has 10 heavy (non-hydrogen) atoms. The van der Waals surface area contributed by atoms with E-state index in [1.165, 1.54) is 31.9 Å². The fourth-order valence-corrected chi connectivity index (χ4v) is 1.23. The lowest BCUT2D eigenvalue weighted by atomic mass is 9.55. The monoisotopic (exact) mass is 141 g/mol. The molecule has 0 aliphatic rings. The molecular weight excluding hydrogens is 121 g/mol. The predicted molar refractivity (Wildman–Crippen MR) is 49.6 cm³/mol. The van der Waals surface area contributed by atoms with Gasteiger partial charge in [0.1, 0.15) is 0 Å². The highest BCUT2D eigenvalue weighted by Crippen LogP contribution is 2.04. The van der Waals surface area contributed by atoms with E-state index in [2.05, 4.69) is 26.1 Å². The van der Waals surface area contributed by atoms with E-state index in [9.17, 15) is 0 Å². The van der Waals surface area contributed by atoms with Crippen LogP contribution in [0.1, 0.15) is 33.1 Å². The van der Waals surface area contributed by atoms with Crippen molar-refractivity contribution in [3.05, 3.63) is 0 Å². The highest BCUT2D eigenvalue weighted by Gasteiger charge is 2.07. The molecule has 0 amide bonds. The Morgan fingerprint density at radius 3 is 2.20 bits per heavy atom. The third-order valence-electron chi connectivity index (χ3n) is 1.95. The largest absolute Gasteiger partial charge is 0.358 e. The van der Waals surface area contributed by atoms with Crippen LogP contribution in [0.25, 0.3) is 0 Å². The summed E-state index contributed by atoms with van der Waals surface area (Å²) in [4.78, 5) is 0. The molecule has 0 bridgehead atoms. The zero-order valence-electron chi connectivity index (χ0n) is 7.61. The van der Waals surface area contributed by atoms with Crippen molar-refractivity contribution >= 4 is 6.85 Å². The van der Waals surface area contributed by atoms with Crippen LogP contribution in [0.2, 0.25) is 12.6 Å². The van der Waals surface area contributed by atoms with Gasteiger partial charge in [-0.2, -0.15) is 0 Å². The van der Waals surface area contributed by atoms with E-state index in [1.54, 1.807) is 0 Å². The summed E-state index contributed by atoms with van der Waals surface area (Å²) < 4.78 is 0. The molecule has 0 atom stereocenters. The Kier molecular flexibility index (Phi) is 7.15. The van der Waals surface area contributed by atoms with E-state index in [0.717, 1.165) is 6.85 Å². The maximum atomic E-state index is 3.34. The second-order valence-electron chi connectivity index (χ2n) is 2.92. The van der Waals surface area contributed by atoms with Gasteiger partial charge >= 0.3 is 0 Å². The Morgan fingerprint density at radius 2 is 1.80 bits per heavy atom. The van der Waals surface area contributed by atoms with Gasteiger partial charge in [-0.1, -0.05) is 45.8 Å². The molecule has 1 N–H and O–H groups in total. The fourth-order valence-electron chi connectivity index (χ4n) is 1.23. The summed E-state index contributed by atoms with van der Waals surface area (Å²) in [6.07, 6.45) is 6.67. The topological polar surface area (TPSA) is 12.0 Å². The number of rotatable bonds is 6. The molecule has 0 saturated heterocycles. The maximum Gasteiger partial charge on any atom is 0.220 e. The van der Waals surface area contributed by atoms with Gasteiger partial charge in [0.25, 0.3) is 0 Å². The van der Waals surface area contributed by atoms with E-state index in [4.69, 9.17) is 0 Å². The summed E-state index contributed by atoms with van der Waals surface area (Å²) in [5, 5.41) is 3.34. The van der Waals surface area contributed by atoms with E-state index < -0.39 is 0 Å². The van der Waals surface area contributed by atoms with Crippen molar-refractivity contribution in [1.82, 2.24) is 5.23 Å². The second-order valence-corrected chi connectivity index (χ2v) is 2.92. The summed E-state index contributed by atoms with van der Waals surface area (Å²) in [6, 6.07) is 0. The molecule has 0 saturated carbocycles. The van der Waals surface area contributed by atoms with Crippen LogP contribution < -0.4 is 5.23 Å². The first-order chi connectivity index (χ1) is 4.85. The van der Waals surface area contributed by atoms with Crippen LogP contribution in [0.3, 0.4) is 0 Å². The molecule has 60 valence electrons. The van der Waals surface area contributed by atoms with Crippen molar-refractivity contribution in [3.63, 3.8) is 0 Å². The van der Waals surface area contributed by atoms with Crippen molar-refractivity contribution < 1.29 is 0 Å². The van der Waals surface area contributed by atoms with Crippen molar-refractivity contribution in [1.29, 1.82) is 0 Å². The summed E-state index contributed by atoms with van der Waals surface area (Å²) in [7, 11) is 2.07. The fraction of sp³-hybridized carbons (Fsp3) is 1.00. The zero-order chi connectivity index (χ0) is 7.82. The average Bonchev–Trinajstić information content (AvgIpc) is 1.98. The summed E-state index contributed by atoms with van der Waals surface area (Å²) in [6.45, 7) is 5.26. The van der Waals surface area contributed by atoms with E-state index in [1.807, 2.05) is 0 Å². The van der Waals surface area contributed by atoms with Crippen LogP contribution in [0.15, 0.2) is 0 Å².